The zero-order valence-electron chi connectivity index (χ0n) is 12.8. The van der Waals surface area contributed by atoms with Gasteiger partial charge in [0, 0.05) is 30.8 Å². The topological polar surface area (TPSA) is 21.3 Å². The van der Waals surface area contributed by atoms with Gasteiger partial charge in [0.15, 0.2) is 0 Å². The molecule has 21 heavy (non-hydrogen) atoms. The Morgan fingerprint density at radius 2 is 2.05 bits per heavy atom. The average Bonchev–Trinajstić information content (AvgIpc) is 2.49. The summed E-state index contributed by atoms with van der Waals surface area (Å²) in [6.07, 6.45) is 6.72. The van der Waals surface area contributed by atoms with E-state index in [-0.39, 0.29) is 11.2 Å². The summed E-state index contributed by atoms with van der Waals surface area (Å²) < 4.78 is 19.2. The van der Waals surface area contributed by atoms with E-state index >= 15 is 0 Å². The van der Waals surface area contributed by atoms with Crippen LogP contribution in [0.3, 0.4) is 0 Å². The molecule has 0 aromatic heterocycles. The van der Waals surface area contributed by atoms with Crippen LogP contribution in [0.15, 0.2) is 18.2 Å². The van der Waals surface area contributed by atoms with Crippen LogP contribution in [0.25, 0.3) is 0 Å². The van der Waals surface area contributed by atoms with Crippen molar-refractivity contribution in [1.82, 2.24) is 5.32 Å². The van der Waals surface area contributed by atoms with Gasteiger partial charge in [-0.2, -0.15) is 0 Å². The SMILES string of the molecule is COCCNCC1(Cc2c(F)cccc2Cl)CCCCC1. The minimum atomic E-state index is -0.177. The molecular formula is C17H25ClFNO. The summed E-state index contributed by atoms with van der Waals surface area (Å²) in [6.45, 7) is 2.45. The monoisotopic (exact) mass is 313 g/mol. The van der Waals surface area contributed by atoms with E-state index in [1.807, 2.05) is 0 Å². The highest BCUT2D eigenvalue weighted by atomic mass is 35.5. The van der Waals surface area contributed by atoms with Crippen molar-refractivity contribution in [3.05, 3.63) is 34.6 Å². The molecule has 1 aromatic rings. The number of methoxy groups -OCH3 is 1. The molecule has 0 spiro atoms. The molecule has 4 heteroatoms. The molecule has 0 atom stereocenters. The lowest BCUT2D eigenvalue weighted by molar-refractivity contribution is 0.161. The Morgan fingerprint density at radius 3 is 2.71 bits per heavy atom. The molecule has 0 saturated heterocycles. The first-order valence-corrected chi connectivity index (χ1v) is 8.17. The zero-order valence-corrected chi connectivity index (χ0v) is 13.5. The van der Waals surface area contributed by atoms with E-state index < -0.39 is 0 Å². The summed E-state index contributed by atoms with van der Waals surface area (Å²) in [5.74, 6) is -0.177. The standard InChI is InChI=1S/C17H25ClFNO/c1-21-11-10-20-13-17(8-3-2-4-9-17)12-14-15(18)6-5-7-16(14)19/h5-7,20H,2-4,8-13H2,1H3. The lowest BCUT2D eigenvalue weighted by atomic mass is 9.70. The number of benzene rings is 1. The average molecular weight is 314 g/mol. The van der Waals surface area contributed by atoms with Gasteiger partial charge in [0.05, 0.1) is 6.61 Å². The number of ether oxygens (including phenoxy) is 1. The molecule has 118 valence electrons. The molecular weight excluding hydrogens is 289 g/mol. The van der Waals surface area contributed by atoms with Crippen LogP contribution in [0.5, 0.6) is 0 Å². The van der Waals surface area contributed by atoms with Crippen LogP contribution in [-0.2, 0) is 11.2 Å². The van der Waals surface area contributed by atoms with Gasteiger partial charge in [0.1, 0.15) is 5.82 Å². The normalized spacial score (nSPS) is 17.9. The van der Waals surface area contributed by atoms with Crippen LogP contribution in [0.2, 0.25) is 5.02 Å². The molecule has 2 nitrogen and oxygen atoms in total. The molecule has 0 heterocycles. The quantitative estimate of drug-likeness (QED) is 0.761. The van der Waals surface area contributed by atoms with E-state index in [0.29, 0.717) is 17.2 Å². The van der Waals surface area contributed by atoms with Gasteiger partial charge in [0.2, 0.25) is 0 Å². The summed E-state index contributed by atoms with van der Waals surface area (Å²) in [5, 5.41) is 4.02. The Morgan fingerprint density at radius 1 is 1.29 bits per heavy atom. The van der Waals surface area contributed by atoms with Gasteiger partial charge in [-0.25, -0.2) is 4.39 Å². The number of rotatable bonds is 7. The molecule has 0 aliphatic heterocycles. The van der Waals surface area contributed by atoms with Crippen molar-refractivity contribution in [3.63, 3.8) is 0 Å². The fraction of sp³-hybridized carbons (Fsp3) is 0.647. The van der Waals surface area contributed by atoms with Gasteiger partial charge in [0.25, 0.3) is 0 Å². The Labute approximate surface area is 132 Å². The second-order valence-electron chi connectivity index (χ2n) is 6.11. The molecule has 0 amide bonds. The third kappa shape index (κ3) is 4.67. The first-order valence-electron chi connectivity index (χ1n) is 7.79. The third-order valence-corrected chi connectivity index (χ3v) is 4.86. The maximum atomic E-state index is 14.1. The van der Waals surface area contributed by atoms with Crippen LogP contribution in [-0.4, -0.2) is 26.8 Å². The zero-order chi connectivity index (χ0) is 15.1. The predicted molar refractivity (Wildman–Crippen MR) is 85.4 cm³/mol. The summed E-state index contributed by atoms with van der Waals surface area (Å²) in [6, 6.07) is 4.97. The van der Waals surface area contributed by atoms with Crippen molar-refractivity contribution in [2.75, 3.05) is 26.8 Å². The second-order valence-corrected chi connectivity index (χ2v) is 6.51. The van der Waals surface area contributed by atoms with Crippen molar-refractivity contribution < 1.29 is 9.13 Å². The van der Waals surface area contributed by atoms with E-state index in [0.717, 1.165) is 32.4 Å². The highest BCUT2D eigenvalue weighted by molar-refractivity contribution is 6.31. The molecule has 0 unspecified atom stereocenters. The van der Waals surface area contributed by atoms with Gasteiger partial charge < -0.3 is 10.1 Å². The number of nitrogens with one attached hydrogen (secondary N) is 1. The minimum Gasteiger partial charge on any atom is -0.383 e. The van der Waals surface area contributed by atoms with Gasteiger partial charge in [-0.3, -0.25) is 0 Å². The molecule has 1 aliphatic carbocycles. The fourth-order valence-corrected chi connectivity index (χ4v) is 3.55. The lowest BCUT2D eigenvalue weighted by Gasteiger charge is -2.38. The minimum absolute atomic E-state index is 0.123. The first kappa shape index (κ1) is 16.7. The van der Waals surface area contributed by atoms with Crippen LogP contribution in [0.4, 0.5) is 4.39 Å². The molecule has 0 radical (unpaired) electrons. The van der Waals surface area contributed by atoms with E-state index in [2.05, 4.69) is 5.32 Å². The first-order chi connectivity index (χ1) is 10.2. The number of hydrogen-bond acceptors (Lipinski definition) is 2. The van der Waals surface area contributed by atoms with E-state index in [1.165, 1.54) is 25.3 Å². The van der Waals surface area contributed by atoms with Gasteiger partial charge >= 0.3 is 0 Å². The van der Waals surface area contributed by atoms with E-state index in [9.17, 15) is 4.39 Å². The lowest BCUT2D eigenvalue weighted by Crippen LogP contribution is -2.39. The Bertz CT molecular complexity index is 426. The maximum Gasteiger partial charge on any atom is 0.127 e. The highest BCUT2D eigenvalue weighted by Gasteiger charge is 2.33. The second kappa shape index (κ2) is 8.11. The van der Waals surface area contributed by atoms with Crippen molar-refractivity contribution >= 4 is 11.6 Å². The van der Waals surface area contributed by atoms with Crippen LogP contribution in [0.1, 0.15) is 37.7 Å². The molecule has 0 bridgehead atoms. The number of halogens is 2. The van der Waals surface area contributed by atoms with Crippen molar-refractivity contribution in [1.29, 1.82) is 0 Å². The van der Waals surface area contributed by atoms with Crippen molar-refractivity contribution in [2.45, 2.75) is 38.5 Å². The van der Waals surface area contributed by atoms with Crippen molar-refractivity contribution in [2.24, 2.45) is 5.41 Å². The Hall–Kier alpha value is -0.640. The molecule has 1 fully saturated rings. The van der Waals surface area contributed by atoms with E-state index in [4.69, 9.17) is 16.3 Å². The van der Waals surface area contributed by atoms with Gasteiger partial charge in [-0.1, -0.05) is 36.9 Å². The van der Waals surface area contributed by atoms with Gasteiger partial charge in [-0.15, -0.1) is 0 Å². The van der Waals surface area contributed by atoms with Crippen molar-refractivity contribution in [3.8, 4) is 0 Å². The molecule has 2 rings (SSSR count). The van der Waals surface area contributed by atoms with Crippen LogP contribution in [0, 0.1) is 11.2 Å². The van der Waals surface area contributed by atoms with Crippen LogP contribution >= 0.6 is 11.6 Å². The van der Waals surface area contributed by atoms with Gasteiger partial charge in [-0.05, 0) is 36.8 Å². The number of hydrogen-bond donors (Lipinski definition) is 1. The summed E-state index contributed by atoms with van der Waals surface area (Å²) in [4.78, 5) is 0. The fourth-order valence-electron chi connectivity index (χ4n) is 3.32. The third-order valence-electron chi connectivity index (χ3n) is 4.51. The smallest absolute Gasteiger partial charge is 0.127 e. The van der Waals surface area contributed by atoms with Crippen LogP contribution < -0.4 is 5.32 Å². The molecule has 1 aliphatic rings. The summed E-state index contributed by atoms with van der Waals surface area (Å²) in [5.41, 5.74) is 0.798. The maximum absolute atomic E-state index is 14.1. The largest absolute Gasteiger partial charge is 0.383 e. The molecule has 1 saturated carbocycles. The molecule has 1 aromatic carbocycles. The predicted octanol–water partition coefficient (Wildman–Crippen LogP) is 4.21. The van der Waals surface area contributed by atoms with E-state index in [1.54, 1.807) is 19.2 Å². The Balaban J connectivity index is 2.08. The highest BCUT2D eigenvalue weighted by Crippen LogP contribution is 2.40. The Kier molecular flexibility index (Phi) is 6.46. The molecule has 1 N–H and O–H groups in total. The summed E-state index contributed by atoms with van der Waals surface area (Å²) >= 11 is 6.21. The summed E-state index contributed by atoms with van der Waals surface area (Å²) in [7, 11) is 1.71.